The second kappa shape index (κ2) is 4.83. The molecule has 2 atom stereocenters. The predicted octanol–water partition coefficient (Wildman–Crippen LogP) is 3.69. The minimum atomic E-state index is -4.43. The zero-order valence-corrected chi connectivity index (χ0v) is 13.0. The molecule has 0 N–H and O–H groups in total. The first-order chi connectivity index (χ1) is 12.0. The monoisotopic (exact) mass is 346 g/mol. The summed E-state index contributed by atoms with van der Waals surface area (Å²) in [5, 5.41) is 0. The molecule has 7 heteroatoms. The van der Waals surface area contributed by atoms with Crippen LogP contribution in [0, 0.1) is 0 Å². The Bertz CT molecular complexity index is 982. The van der Waals surface area contributed by atoms with Gasteiger partial charge in [0.15, 0.2) is 5.82 Å². The maximum atomic E-state index is 13.1. The van der Waals surface area contributed by atoms with Crippen molar-refractivity contribution in [1.82, 2.24) is 9.55 Å². The van der Waals surface area contributed by atoms with Gasteiger partial charge in [-0.3, -0.25) is 0 Å². The topological polar surface area (TPSA) is 36.3 Å². The molecule has 5 rings (SSSR count). The van der Waals surface area contributed by atoms with Crippen molar-refractivity contribution < 1.29 is 22.6 Å². The molecular weight excluding hydrogens is 333 g/mol. The zero-order chi connectivity index (χ0) is 17.2. The Morgan fingerprint density at radius 2 is 1.96 bits per heavy atom. The lowest BCUT2D eigenvalue weighted by Crippen LogP contribution is -2.38. The van der Waals surface area contributed by atoms with Gasteiger partial charge in [-0.15, -0.1) is 0 Å². The van der Waals surface area contributed by atoms with Crippen LogP contribution in [0.25, 0.3) is 11.0 Å². The number of hydrogen-bond donors (Lipinski definition) is 0. The van der Waals surface area contributed by atoms with E-state index in [1.54, 1.807) is 6.07 Å². The van der Waals surface area contributed by atoms with Crippen molar-refractivity contribution in [3.63, 3.8) is 0 Å². The van der Waals surface area contributed by atoms with Crippen molar-refractivity contribution >= 4 is 11.0 Å². The number of halogens is 3. The fourth-order valence-electron chi connectivity index (χ4n) is 3.62. The highest BCUT2D eigenvalue weighted by Gasteiger charge is 2.52. The molecule has 3 heterocycles. The van der Waals surface area contributed by atoms with Crippen molar-refractivity contribution in [2.24, 2.45) is 0 Å². The summed E-state index contributed by atoms with van der Waals surface area (Å²) in [6.45, 7) is 0.879. The van der Waals surface area contributed by atoms with Crippen LogP contribution in [0.3, 0.4) is 0 Å². The standard InChI is InChI=1S/C18H13F3N2O2/c19-18(20,21)12-5-3-4-11(8-12)17-16-22-14-6-1-2-7-15(14)23(16)9-13(25-17)10-24-17/h1-8,13H,9-10H2. The van der Waals surface area contributed by atoms with Crippen molar-refractivity contribution in [3.05, 3.63) is 65.5 Å². The van der Waals surface area contributed by atoms with Crippen LogP contribution in [0.15, 0.2) is 48.5 Å². The van der Waals surface area contributed by atoms with Crippen LogP contribution >= 0.6 is 0 Å². The number of imidazole rings is 1. The van der Waals surface area contributed by atoms with E-state index < -0.39 is 17.5 Å². The van der Waals surface area contributed by atoms with Crippen LogP contribution < -0.4 is 0 Å². The summed E-state index contributed by atoms with van der Waals surface area (Å²) in [6.07, 6.45) is -4.65. The number of para-hydroxylation sites is 2. The molecule has 0 saturated carbocycles. The molecule has 2 bridgehead atoms. The predicted molar refractivity (Wildman–Crippen MR) is 82.8 cm³/mol. The highest BCUT2D eigenvalue weighted by molar-refractivity contribution is 5.76. The number of aromatic nitrogens is 2. The fraction of sp³-hybridized carbons (Fsp3) is 0.278. The molecule has 0 aliphatic carbocycles. The van der Waals surface area contributed by atoms with Crippen molar-refractivity contribution in [3.8, 4) is 0 Å². The SMILES string of the molecule is FC(F)(F)c1cccc(C23OCC(Cn4c2nc2ccccc24)O3)c1. The summed E-state index contributed by atoms with van der Waals surface area (Å²) < 4.78 is 53.3. The molecule has 0 spiro atoms. The van der Waals surface area contributed by atoms with Gasteiger partial charge in [0.05, 0.1) is 29.7 Å². The van der Waals surface area contributed by atoms with Gasteiger partial charge in [-0.05, 0) is 24.3 Å². The second-order valence-electron chi connectivity index (χ2n) is 6.28. The van der Waals surface area contributed by atoms with E-state index in [-0.39, 0.29) is 6.10 Å². The Hall–Kier alpha value is -2.38. The smallest absolute Gasteiger partial charge is 0.337 e. The van der Waals surface area contributed by atoms with Gasteiger partial charge in [-0.1, -0.05) is 24.3 Å². The Morgan fingerprint density at radius 3 is 2.80 bits per heavy atom. The molecule has 2 unspecified atom stereocenters. The van der Waals surface area contributed by atoms with Crippen LogP contribution in [0.5, 0.6) is 0 Å². The van der Waals surface area contributed by atoms with E-state index >= 15 is 0 Å². The summed E-state index contributed by atoms with van der Waals surface area (Å²) in [5.41, 5.74) is 1.26. The van der Waals surface area contributed by atoms with Gasteiger partial charge in [0.1, 0.15) is 6.10 Å². The number of nitrogens with zero attached hydrogens (tertiary/aromatic N) is 2. The van der Waals surface area contributed by atoms with E-state index in [4.69, 9.17) is 9.47 Å². The minimum Gasteiger partial charge on any atom is -0.337 e. The first-order valence-corrected chi connectivity index (χ1v) is 7.93. The first kappa shape index (κ1) is 14.9. The molecule has 2 aromatic carbocycles. The summed E-state index contributed by atoms with van der Waals surface area (Å²) in [5.74, 6) is -0.912. The number of alkyl halides is 3. The van der Waals surface area contributed by atoms with Gasteiger partial charge in [-0.2, -0.15) is 13.2 Å². The molecule has 1 saturated heterocycles. The van der Waals surface area contributed by atoms with Gasteiger partial charge in [-0.25, -0.2) is 4.98 Å². The maximum absolute atomic E-state index is 13.1. The van der Waals surface area contributed by atoms with Gasteiger partial charge in [0.2, 0.25) is 0 Å². The Kier molecular flexibility index (Phi) is 2.88. The number of rotatable bonds is 1. The van der Waals surface area contributed by atoms with Gasteiger partial charge in [0, 0.05) is 5.56 Å². The molecule has 3 aromatic rings. The van der Waals surface area contributed by atoms with E-state index in [9.17, 15) is 13.2 Å². The summed E-state index contributed by atoms with van der Waals surface area (Å²) in [7, 11) is 0. The molecular formula is C18H13F3N2O2. The quantitative estimate of drug-likeness (QED) is 0.674. The number of fused-ring (bicyclic) bond motifs is 6. The molecule has 2 aliphatic rings. The van der Waals surface area contributed by atoms with Gasteiger partial charge >= 0.3 is 6.18 Å². The number of benzene rings is 2. The van der Waals surface area contributed by atoms with Crippen LogP contribution in [0.2, 0.25) is 0 Å². The second-order valence-corrected chi connectivity index (χ2v) is 6.28. The summed E-state index contributed by atoms with van der Waals surface area (Å²) in [4.78, 5) is 4.60. The largest absolute Gasteiger partial charge is 0.416 e. The summed E-state index contributed by atoms with van der Waals surface area (Å²) in [6, 6.07) is 12.7. The lowest BCUT2D eigenvalue weighted by atomic mass is 10.0. The molecule has 4 nitrogen and oxygen atoms in total. The maximum Gasteiger partial charge on any atom is 0.416 e. The Balaban J connectivity index is 1.74. The van der Waals surface area contributed by atoms with Crippen molar-refractivity contribution in [2.45, 2.75) is 24.6 Å². The third-order valence-electron chi connectivity index (χ3n) is 4.71. The van der Waals surface area contributed by atoms with Crippen molar-refractivity contribution in [2.75, 3.05) is 6.61 Å². The highest BCUT2D eigenvalue weighted by atomic mass is 19.4. The molecule has 0 amide bonds. The normalized spacial score (nSPS) is 25.3. The van der Waals surface area contributed by atoms with E-state index in [0.717, 1.165) is 23.2 Å². The third-order valence-corrected chi connectivity index (χ3v) is 4.71. The van der Waals surface area contributed by atoms with E-state index in [1.807, 2.05) is 28.8 Å². The highest BCUT2D eigenvalue weighted by Crippen LogP contribution is 2.46. The van der Waals surface area contributed by atoms with Crippen LogP contribution in [0.1, 0.15) is 17.0 Å². The Morgan fingerprint density at radius 1 is 1.12 bits per heavy atom. The molecule has 128 valence electrons. The average molecular weight is 346 g/mol. The summed E-state index contributed by atoms with van der Waals surface area (Å²) >= 11 is 0. The van der Waals surface area contributed by atoms with E-state index in [0.29, 0.717) is 24.5 Å². The van der Waals surface area contributed by atoms with E-state index in [1.165, 1.54) is 6.07 Å². The molecule has 25 heavy (non-hydrogen) atoms. The number of hydrogen-bond acceptors (Lipinski definition) is 3. The molecule has 1 fully saturated rings. The third kappa shape index (κ3) is 2.06. The number of ether oxygens (including phenoxy) is 2. The average Bonchev–Trinajstić information content (AvgIpc) is 3.16. The molecule has 0 radical (unpaired) electrons. The lowest BCUT2D eigenvalue weighted by Gasteiger charge is -2.32. The lowest BCUT2D eigenvalue weighted by molar-refractivity contribution is -0.163. The zero-order valence-electron chi connectivity index (χ0n) is 13.0. The van der Waals surface area contributed by atoms with Gasteiger partial charge in [0.25, 0.3) is 5.79 Å². The first-order valence-electron chi connectivity index (χ1n) is 7.93. The molecule has 2 aliphatic heterocycles. The van der Waals surface area contributed by atoms with Crippen molar-refractivity contribution in [1.29, 1.82) is 0 Å². The van der Waals surface area contributed by atoms with Crippen LogP contribution in [-0.4, -0.2) is 22.3 Å². The fourth-order valence-corrected chi connectivity index (χ4v) is 3.62. The van der Waals surface area contributed by atoms with Gasteiger partial charge < -0.3 is 14.0 Å². The minimum absolute atomic E-state index is 0.223. The molecule has 1 aromatic heterocycles. The van der Waals surface area contributed by atoms with Crippen LogP contribution in [0.4, 0.5) is 13.2 Å². The van der Waals surface area contributed by atoms with E-state index in [2.05, 4.69) is 4.98 Å². The van der Waals surface area contributed by atoms with Crippen LogP contribution in [-0.2, 0) is 28.0 Å². The Labute approximate surface area is 140 Å².